The number of fused-ring (bicyclic) bond motifs is 1. The van der Waals surface area contributed by atoms with Gasteiger partial charge in [-0.2, -0.15) is 0 Å². The molecule has 1 heterocycles. The molecule has 1 aliphatic heterocycles. The summed E-state index contributed by atoms with van der Waals surface area (Å²) in [4.78, 5) is 0. The number of hydrogen-bond donors (Lipinski definition) is 1. The van der Waals surface area contributed by atoms with Crippen molar-refractivity contribution < 1.29 is 0 Å². The molecule has 2 heteroatoms. The molecule has 28 heavy (non-hydrogen) atoms. The van der Waals surface area contributed by atoms with Gasteiger partial charge in [0.25, 0.3) is 0 Å². The second-order valence-corrected chi connectivity index (χ2v) is 8.86. The van der Waals surface area contributed by atoms with Crippen LogP contribution in [-0.2, 0) is 12.7 Å². The highest BCUT2D eigenvalue weighted by Gasteiger charge is 2.22. The molecule has 0 amide bonds. The molecule has 0 saturated heterocycles. The summed E-state index contributed by atoms with van der Waals surface area (Å²) >= 11 is 0. The summed E-state index contributed by atoms with van der Waals surface area (Å²) in [6.07, 6.45) is 13.4. The topological polar surface area (TPSA) is 12.0 Å². The number of hydrogen-bond acceptors (Lipinski definition) is 1. The maximum Gasteiger partial charge on any atom is 0.146 e. The van der Waals surface area contributed by atoms with Gasteiger partial charge in [-0.1, -0.05) is 82.4 Å². The number of nitrogens with one attached hydrogen (secondary N) is 1. The Bertz CT molecular complexity index is 711. The zero-order chi connectivity index (χ0) is 19.9. The van der Waals surface area contributed by atoms with E-state index in [0.29, 0.717) is 5.94 Å². The van der Waals surface area contributed by atoms with E-state index in [4.69, 9.17) is 0 Å². The minimum absolute atomic E-state index is 0.405. The molecule has 149 valence electrons. The Morgan fingerprint density at radius 2 is 1.93 bits per heavy atom. The van der Waals surface area contributed by atoms with Crippen LogP contribution in [0.2, 0.25) is 0 Å². The molecule has 0 aromatic heterocycles. The van der Waals surface area contributed by atoms with Crippen molar-refractivity contribution >= 4 is 12.9 Å². The maximum absolute atomic E-state index is 4.44. The lowest BCUT2D eigenvalue weighted by Crippen LogP contribution is -2.40. The first-order valence-corrected chi connectivity index (χ1v) is 11.3. The average Bonchev–Trinajstić information content (AvgIpc) is 3.20. The molecule has 2 aliphatic rings. The fourth-order valence-corrected chi connectivity index (χ4v) is 4.86. The number of allylic oxidation sites excluding steroid dienone is 3. The molecule has 1 radical (unpaired) electrons. The third-order valence-corrected chi connectivity index (χ3v) is 6.58. The molecule has 1 aromatic carbocycles. The van der Waals surface area contributed by atoms with Crippen LogP contribution in [0.25, 0.3) is 5.57 Å². The average molecular weight is 374 g/mol. The Labute approximate surface area is 173 Å². The third kappa shape index (κ3) is 5.66. The second-order valence-electron chi connectivity index (χ2n) is 8.86. The van der Waals surface area contributed by atoms with Crippen LogP contribution in [0, 0.1) is 5.92 Å². The molecule has 1 saturated carbocycles. The Morgan fingerprint density at radius 1 is 1.14 bits per heavy atom. The van der Waals surface area contributed by atoms with E-state index in [0.717, 1.165) is 43.6 Å². The van der Waals surface area contributed by atoms with Gasteiger partial charge in [-0.25, -0.2) is 0 Å². The van der Waals surface area contributed by atoms with Crippen LogP contribution in [0.1, 0.15) is 81.4 Å². The molecule has 1 atom stereocenters. The summed E-state index contributed by atoms with van der Waals surface area (Å²) in [6, 6.07) is 6.75. The second kappa shape index (κ2) is 10.2. The van der Waals surface area contributed by atoms with Crippen molar-refractivity contribution in [1.82, 2.24) is 5.32 Å². The van der Waals surface area contributed by atoms with E-state index in [9.17, 15) is 0 Å². The van der Waals surface area contributed by atoms with Gasteiger partial charge in [0.1, 0.15) is 7.28 Å². The monoisotopic (exact) mass is 374 g/mol. The molecular formula is C26H37BN. The van der Waals surface area contributed by atoms with Crippen molar-refractivity contribution in [1.29, 1.82) is 0 Å². The van der Waals surface area contributed by atoms with Gasteiger partial charge in [0.05, 0.1) is 0 Å². The van der Waals surface area contributed by atoms with Gasteiger partial charge in [-0.15, -0.1) is 0 Å². The van der Waals surface area contributed by atoms with Crippen molar-refractivity contribution in [2.45, 2.75) is 83.4 Å². The van der Waals surface area contributed by atoms with E-state index in [2.05, 4.69) is 57.5 Å². The van der Waals surface area contributed by atoms with Crippen LogP contribution in [0.5, 0.6) is 0 Å². The Balaban J connectivity index is 1.51. The number of rotatable bonds is 10. The molecule has 1 fully saturated rings. The van der Waals surface area contributed by atoms with Gasteiger partial charge in [0.15, 0.2) is 0 Å². The summed E-state index contributed by atoms with van der Waals surface area (Å²) < 4.78 is 0. The van der Waals surface area contributed by atoms with Crippen LogP contribution in [0.4, 0.5) is 0 Å². The van der Waals surface area contributed by atoms with Gasteiger partial charge in [0, 0.05) is 5.70 Å². The molecule has 1 unspecified atom stereocenters. The minimum atomic E-state index is 0.405. The van der Waals surface area contributed by atoms with E-state index >= 15 is 0 Å². The number of benzene rings is 1. The Hall–Kier alpha value is -1.70. The lowest BCUT2D eigenvalue weighted by molar-refractivity contribution is 0.532. The lowest BCUT2D eigenvalue weighted by Gasteiger charge is -2.28. The van der Waals surface area contributed by atoms with Crippen LogP contribution >= 0.6 is 0 Å². The summed E-state index contributed by atoms with van der Waals surface area (Å²) in [6.45, 7) is 15.0. The predicted octanol–water partition coefficient (Wildman–Crippen LogP) is 6.61. The molecule has 1 nitrogen and oxygen atoms in total. The van der Waals surface area contributed by atoms with Crippen molar-refractivity contribution in [2.75, 3.05) is 0 Å². The van der Waals surface area contributed by atoms with Crippen LogP contribution in [0.15, 0.2) is 49.2 Å². The first kappa shape index (κ1) is 21.0. The van der Waals surface area contributed by atoms with Gasteiger partial charge in [0.2, 0.25) is 0 Å². The fraction of sp³-hybridized carbons (Fsp3) is 0.538. The van der Waals surface area contributed by atoms with Crippen LogP contribution < -0.4 is 5.32 Å². The molecule has 1 aliphatic carbocycles. The predicted molar refractivity (Wildman–Crippen MR) is 125 cm³/mol. The van der Waals surface area contributed by atoms with Crippen molar-refractivity contribution in [3.05, 3.63) is 65.9 Å². The zero-order valence-corrected chi connectivity index (χ0v) is 17.9. The van der Waals surface area contributed by atoms with E-state index < -0.39 is 0 Å². The van der Waals surface area contributed by atoms with Gasteiger partial charge >= 0.3 is 0 Å². The van der Waals surface area contributed by atoms with E-state index in [1.54, 1.807) is 0 Å². The normalized spacial score (nSPS) is 19.0. The third-order valence-electron chi connectivity index (χ3n) is 6.58. The van der Waals surface area contributed by atoms with Crippen molar-refractivity contribution in [3.63, 3.8) is 0 Å². The van der Waals surface area contributed by atoms with E-state index in [1.807, 2.05) is 0 Å². The first-order chi connectivity index (χ1) is 13.6. The maximum atomic E-state index is 4.44. The van der Waals surface area contributed by atoms with Crippen molar-refractivity contribution in [3.8, 4) is 0 Å². The van der Waals surface area contributed by atoms with Gasteiger partial charge < -0.3 is 5.32 Å². The highest BCUT2D eigenvalue weighted by atomic mass is 14.9. The van der Waals surface area contributed by atoms with Gasteiger partial charge in [-0.3, -0.25) is 0 Å². The standard InChI is InChI=1S/C26H37BN/c1-5-21(4)28-26-17-23-14-9-15-24(25(23)18-27-26)20(3)11-8-10-19(2)16-22-12-6-7-13-22/h9,14-15,22,26,28H,2-8,10-13,16-18H2,1H3. The highest BCUT2D eigenvalue weighted by Crippen LogP contribution is 2.32. The largest absolute Gasteiger partial charge is 0.394 e. The lowest BCUT2D eigenvalue weighted by atomic mass is 9.57. The molecule has 0 spiro atoms. The zero-order valence-electron chi connectivity index (χ0n) is 17.9. The van der Waals surface area contributed by atoms with Crippen molar-refractivity contribution in [2.24, 2.45) is 5.92 Å². The Kier molecular flexibility index (Phi) is 7.65. The summed E-state index contributed by atoms with van der Waals surface area (Å²) in [5, 5.41) is 3.55. The summed E-state index contributed by atoms with van der Waals surface area (Å²) in [5.41, 5.74) is 8.20. The SMILES string of the molecule is C=C(CCCC(=C)c1cccc2c1C[B]C(NC(=C)CC)C2)CC1CCCC1. The minimum Gasteiger partial charge on any atom is -0.394 e. The first-order valence-electron chi connectivity index (χ1n) is 11.3. The molecule has 1 N–H and O–H groups in total. The van der Waals surface area contributed by atoms with Crippen LogP contribution in [-0.4, -0.2) is 13.2 Å². The summed E-state index contributed by atoms with van der Waals surface area (Å²) in [7, 11) is 2.41. The quantitative estimate of drug-likeness (QED) is 0.359. The van der Waals surface area contributed by atoms with Gasteiger partial charge in [-0.05, 0) is 72.6 Å². The molecular weight excluding hydrogens is 337 g/mol. The van der Waals surface area contributed by atoms with E-state index in [1.165, 1.54) is 66.4 Å². The fourth-order valence-electron chi connectivity index (χ4n) is 4.86. The molecule has 3 rings (SSSR count). The van der Waals surface area contributed by atoms with Crippen LogP contribution in [0.3, 0.4) is 0 Å². The molecule has 1 aromatic rings. The Morgan fingerprint density at radius 3 is 2.68 bits per heavy atom. The summed E-state index contributed by atoms with van der Waals surface area (Å²) in [5.74, 6) is 1.32. The van der Waals surface area contributed by atoms with E-state index in [-0.39, 0.29) is 0 Å². The smallest absolute Gasteiger partial charge is 0.146 e. The highest BCUT2D eigenvalue weighted by molar-refractivity contribution is 6.38. The molecule has 0 bridgehead atoms.